The first-order valence-electron chi connectivity index (χ1n) is 5.10. The lowest BCUT2D eigenvalue weighted by atomic mass is 10.3. The zero-order chi connectivity index (χ0) is 13.6. The summed E-state index contributed by atoms with van der Waals surface area (Å²) >= 11 is 0. The van der Waals surface area contributed by atoms with Gasteiger partial charge in [-0.05, 0) is 0 Å². The highest BCUT2D eigenvalue weighted by Crippen LogP contribution is 2.16. The molecule has 1 aliphatic rings. The van der Waals surface area contributed by atoms with Gasteiger partial charge in [-0.1, -0.05) is 0 Å². The maximum Gasteiger partial charge on any atom is 0.491 e. The van der Waals surface area contributed by atoms with Crippen LogP contribution >= 0.6 is 0 Å². The van der Waals surface area contributed by atoms with E-state index in [2.05, 4.69) is 10.1 Å². The average Bonchev–Trinajstić information content (AvgIpc) is 2.29. The quantitative estimate of drug-likeness (QED) is 0.555. The number of morpholine rings is 1. The molecular formula is C9H12F3NO5. The van der Waals surface area contributed by atoms with E-state index < -0.39 is 24.7 Å². The molecule has 1 heterocycles. The lowest BCUT2D eigenvalue weighted by molar-refractivity contribution is -0.203. The number of hydrogen-bond donors (Lipinski definition) is 1. The van der Waals surface area contributed by atoms with Crippen LogP contribution in [0, 0.1) is 0 Å². The van der Waals surface area contributed by atoms with E-state index in [1.165, 1.54) is 0 Å². The van der Waals surface area contributed by atoms with E-state index in [9.17, 15) is 22.8 Å². The van der Waals surface area contributed by atoms with Gasteiger partial charge in [-0.15, -0.1) is 0 Å². The molecule has 1 unspecified atom stereocenters. The Balaban J connectivity index is 2.15. The Bertz CT molecular complexity index is 301. The van der Waals surface area contributed by atoms with Crippen LogP contribution in [-0.4, -0.2) is 57.1 Å². The molecule has 0 radical (unpaired) electrons. The van der Waals surface area contributed by atoms with E-state index in [1.54, 1.807) is 0 Å². The monoisotopic (exact) mass is 271 g/mol. The van der Waals surface area contributed by atoms with Crippen molar-refractivity contribution in [1.82, 2.24) is 5.32 Å². The van der Waals surface area contributed by atoms with Crippen molar-refractivity contribution in [2.24, 2.45) is 0 Å². The second kappa shape index (κ2) is 6.66. The van der Waals surface area contributed by atoms with Crippen LogP contribution < -0.4 is 5.32 Å². The average molecular weight is 271 g/mol. The van der Waals surface area contributed by atoms with Crippen LogP contribution in [0.3, 0.4) is 0 Å². The van der Waals surface area contributed by atoms with Gasteiger partial charge < -0.3 is 19.5 Å². The Morgan fingerprint density at radius 3 is 2.67 bits per heavy atom. The highest BCUT2D eigenvalue weighted by molar-refractivity contribution is 5.88. The van der Waals surface area contributed by atoms with Gasteiger partial charge in [-0.25, -0.2) is 9.59 Å². The summed E-state index contributed by atoms with van der Waals surface area (Å²) in [7, 11) is 0. The zero-order valence-electron chi connectivity index (χ0n) is 9.29. The Morgan fingerprint density at radius 2 is 2.11 bits per heavy atom. The third-order valence-electron chi connectivity index (χ3n) is 1.98. The minimum Gasteiger partial charge on any atom is -0.385 e. The summed E-state index contributed by atoms with van der Waals surface area (Å²) in [4.78, 5) is 21.1. The molecule has 0 aliphatic carbocycles. The summed E-state index contributed by atoms with van der Waals surface area (Å²) in [5, 5.41) is 3.01. The number of carbonyl (C=O) groups is 2. The van der Waals surface area contributed by atoms with Crippen molar-refractivity contribution in [1.29, 1.82) is 0 Å². The molecule has 18 heavy (non-hydrogen) atoms. The summed E-state index contributed by atoms with van der Waals surface area (Å²) in [5.41, 5.74) is 0. The molecule has 0 aromatic heterocycles. The van der Waals surface area contributed by atoms with Gasteiger partial charge in [0, 0.05) is 6.54 Å². The fraction of sp³-hybridized carbons (Fsp3) is 0.778. The van der Waals surface area contributed by atoms with Crippen molar-refractivity contribution >= 4 is 11.9 Å². The highest BCUT2D eigenvalue weighted by atomic mass is 19.4. The Kier molecular flexibility index (Phi) is 5.51. The maximum atomic E-state index is 11.7. The number of nitrogens with one attached hydrogen (secondary N) is 1. The van der Waals surface area contributed by atoms with E-state index in [4.69, 9.17) is 9.47 Å². The SMILES string of the molecule is O=C(COCC1COCCN1)OC(=O)C(F)(F)F. The molecule has 0 bridgehead atoms. The molecule has 104 valence electrons. The van der Waals surface area contributed by atoms with Crippen molar-refractivity contribution in [3.8, 4) is 0 Å². The van der Waals surface area contributed by atoms with Gasteiger partial charge in [-0.2, -0.15) is 13.2 Å². The van der Waals surface area contributed by atoms with Gasteiger partial charge in [0.25, 0.3) is 0 Å². The van der Waals surface area contributed by atoms with Crippen LogP contribution in [-0.2, 0) is 23.8 Å². The summed E-state index contributed by atoms with van der Waals surface area (Å²) in [6.45, 7) is 0.940. The molecule has 6 nitrogen and oxygen atoms in total. The molecule has 0 aromatic carbocycles. The molecular weight excluding hydrogens is 259 g/mol. The number of rotatable bonds is 4. The van der Waals surface area contributed by atoms with Gasteiger partial charge in [0.2, 0.25) is 0 Å². The topological polar surface area (TPSA) is 73.9 Å². The molecule has 1 fully saturated rings. The largest absolute Gasteiger partial charge is 0.491 e. The smallest absolute Gasteiger partial charge is 0.385 e. The molecule has 0 saturated carbocycles. The first-order chi connectivity index (χ1) is 8.39. The van der Waals surface area contributed by atoms with Crippen LogP contribution in [0.25, 0.3) is 0 Å². The fourth-order valence-corrected chi connectivity index (χ4v) is 1.20. The number of halogens is 3. The van der Waals surface area contributed by atoms with E-state index in [1.807, 2.05) is 0 Å². The van der Waals surface area contributed by atoms with Crippen LogP contribution in [0.4, 0.5) is 13.2 Å². The van der Waals surface area contributed by atoms with Crippen LogP contribution in [0.5, 0.6) is 0 Å². The van der Waals surface area contributed by atoms with Crippen molar-refractivity contribution in [2.75, 3.05) is 33.0 Å². The van der Waals surface area contributed by atoms with Crippen LogP contribution in [0.15, 0.2) is 0 Å². The lowest BCUT2D eigenvalue weighted by Gasteiger charge is -2.23. The van der Waals surface area contributed by atoms with Gasteiger partial charge in [0.1, 0.15) is 6.61 Å². The summed E-state index contributed by atoms with van der Waals surface area (Å²) in [5.74, 6) is -3.93. The lowest BCUT2D eigenvalue weighted by Crippen LogP contribution is -2.44. The van der Waals surface area contributed by atoms with E-state index in [0.717, 1.165) is 0 Å². The van der Waals surface area contributed by atoms with Crippen molar-refractivity contribution < 1.29 is 37.0 Å². The number of carbonyl (C=O) groups excluding carboxylic acids is 2. The van der Waals surface area contributed by atoms with Crippen molar-refractivity contribution in [3.63, 3.8) is 0 Å². The first kappa shape index (κ1) is 14.9. The molecule has 0 aromatic rings. The van der Waals surface area contributed by atoms with E-state index in [0.29, 0.717) is 19.8 Å². The predicted molar refractivity (Wildman–Crippen MR) is 50.6 cm³/mol. The first-order valence-corrected chi connectivity index (χ1v) is 5.10. The molecule has 0 spiro atoms. The number of alkyl halides is 3. The van der Waals surface area contributed by atoms with Gasteiger partial charge >= 0.3 is 18.1 Å². The normalized spacial score (nSPS) is 20.5. The third-order valence-corrected chi connectivity index (χ3v) is 1.98. The van der Waals surface area contributed by atoms with Gasteiger partial charge in [-0.3, -0.25) is 0 Å². The fourth-order valence-electron chi connectivity index (χ4n) is 1.20. The number of ether oxygens (including phenoxy) is 3. The molecule has 1 rings (SSSR count). The zero-order valence-corrected chi connectivity index (χ0v) is 9.29. The molecule has 1 saturated heterocycles. The predicted octanol–water partition coefficient (Wildman–Crippen LogP) is -0.377. The summed E-state index contributed by atoms with van der Waals surface area (Å²) in [6.07, 6.45) is -5.19. The second-order valence-corrected chi connectivity index (χ2v) is 3.50. The number of esters is 2. The highest BCUT2D eigenvalue weighted by Gasteiger charge is 2.42. The van der Waals surface area contributed by atoms with E-state index >= 15 is 0 Å². The third kappa shape index (κ3) is 5.43. The Morgan fingerprint density at radius 1 is 1.39 bits per heavy atom. The number of hydrogen-bond acceptors (Lipinski definition) is 6. The Labute approximate surface area is 100 Å². The molecule has 1 atom stereocenters. The van der Waals surface area contributed by atoms with E-state index in [-0.39, 0.29) is 12.6 Å². The minimum atomic E-state index is -5.19. The minimum absolute atomic E-state index is 0.0787. The van der Waals surface area contributed by atoms with Gasteiger partial charge in [0.05, 0.1) is 25.9 Å². The maximum absolute atomic E-state index is 11.7. The summed E-state index contributed by atoms with van der Waals surface area (Å²) < 4.78 is 48.6. The van der Waals surface area contributed by atoms with Gasteiger partial charge in [0.15, 0.2) is 0 Å². The standard InChI is InChI=1S/C9H12F3NO5/c10-9(11,12)8(15)18-7(14)5-17-4-6-3-16-2-1-13-6/h6,13H,1-5H2. The summed E-state index contributed by atoms with van der Waals surface area (Å²) in [6, 6.07) is -0.134. The molecule has 1 aliphatic heterocycles. The molecule has 9 heteroatoms. The molecule has 1 N–H and O–H groups in total. The van der Waals surface area contributed by atoms with Crippen LogP contribution in [0.1, 0.15) is 0 Å². The second-order valence-electron chi connectivity index (χ2n) is 3.50. The molecule has 0 amide bonds. The van der Waals surface area contributed by atoms with Crippen LogP contribution in [0.2, 0.25) is 0 Å². The van der Waals surface area contributed by atoms with Crippen molar-refractivity contribution in [3.05, 3.63) is 0 Å². The Hall–Kier alpha value is -1.19. The van der Waals surface area contributed by atoms with Crippen molar-refractivity contribution in [2.45, 2.75) is 12.2 Å².